The molecule has 0 radical (unpaired) electrons. The van der Waals surface area contributed by atoms with Gasteiger partial charge in [-0.3, -0.25) is 14.5 Å². The Labute approximate surface area is 157 Å². The van der Waals surface area contributed by atoms with Gasteiger partial charge in [-0.25, -0.2) is 12.7 Å². The third-order valence-corrected chi connectivity index (χ3v) is 6.54. The number of hydrogen-bond donors (Lipinski definition) is 1. The summed E-state index contributed by atoms with van der Waals surface area (Å²) in [5.74, 6) is -0.387. The average Bonchev–Trinajstić information content (AvgIpc) is 3.20. The van der Waals surface area contributed by atoms with Gasteiger partial charge in [0.1, 0.15) is 5.76 Å². The van der Waals surface area contributed by atoms with Crippen LogP contribution >= 0.6 is 0 Å². The van der Waals surface area contributed by atoms with Crippen LogP contribution in [-0.4, -0.2) is 85.8 Å². The van der Waals surface area contributed by atoms with Crippen molar-refractivity contribution >= 4 is 21.8 Å². The molecule has 2 fully saturated rings. The number of aromatic nitrogens is 1. The van der Waals surface area contributed by atoms with E-state index in [1.165, 1.54) is 13.2 Å². The van der Waals surface area contributed by atoms with Crippen LogP contribution < -0.4 is 5.32 Å². The largest absolute Gasteiger partial charge is 0.385 e. The van der Waals surface area contributed by atoms with Gasteiger partial charge in [-0.15, -0.1) is 0 Å². The summed E-state index contributed by atoms with van der Waals surface area (Å²) in [7, 11) is -2.11. The van der Waals surface area contributed by atoms with Crippen molar-refractivity contribution in [2.24, 2.45) is 0 Å². The van der Waals surface area contributed by atoms with Crippen molar-refractivity contribution in [1.82, 2.24) is 19.7 Å². The summed E-state index contributed by atoms with van der Waals surface area (Å²) < 4.78 is 35.7. The highest BCUT2D eigenvalue weighted by Crippen LogP contribution is 2.25. The Morgan fingerprint density at radius 1 is 1.48 bits per heavy atom. The highest BCUT2D eigenvalue weighted by molar-refractivity contribution is 7.89. The van der Waals surface area contributed by atoms with E-state index in [1.54, 1.807) is 6.92 Å². The number of carbonyl (C=O) groups excluding carboxylic acids is 2. The molecular weight excluding hydrogens is 376 g/mol. The summed E-state index contributed by atoms with van der Waals surface area (Å²) in [4.78, 5) is 26.9. The lowest BCUT2D eigenvalue weighted by Gasteiger charge is -2.23. The number of ether oxygens (including phenoxy) is 1. The van der Waals surface area contributed by atoms with E-state index in [0.29, 0.717) is 31.8 Å². The molecule has 3 heterocycles. The van der Waals surface area contributed by atoms with Crippen LogP contribution in [0.1, 0.15) is 29.1 Å². The number of methoxy groups -OCH3 is 1. The van der Waals surface area contributed by atoms with E-state index in [9.17, 15) is 18.0 Å². The van der Waals surface area contributed by atoms with Gasteiger partial charge in [0, 0.05) is 45.5 Å². The fourth-order valence-corrected chi connectivity index (χ4v) is 4.98. The smallest absolute Gasteiger partial charge is 0.273 e. The van der Waals surface area contributed by atoms with Crippen LogP contribution in [0.25, 0.3) is 0 Å². The Morgan fingerprint density at radius 2 is 2.26 bits per heavy atom. The fourth-order valence-electron chi connectivity index (χ4n) is 3.49. The lowest BCUT2D eigenvalue weighted by atomic mass is 10.1. The number of carbonyl (C=O) groups is 2. The lowest BCUT2D eigenvalue weighted by Crippen LogP contribution is -2.44. The summed E-state index contributed by atoms with van der Waals surface area (Å²) in [6.07, 6.45) is 0.803. The maximum atomic E-state index is 12.9. The number of aryl methyl sites for hydroxylation is 1. The van der Waals surface area contributed by atoms with Crippen molar-refractivity contribution in [2.45, 2.75) is 31.8 Å². The molecule has 1 N–H and O–H groups in total. The van der Waals surface area contributed by atoms with Crippen molar-refractivity contribution in [1.29, 1.82) is 0 Å². The summed E-state index contributed by atoms with van der Waals surface area (Å²) in [6.45, 7) is 2.85. The first-order chi connectivity index (χ1) is 12.8. The molecule has 1 aromatic heterocycles. The number of nitrogens with one attached hydrogen (secondary N) is 1. The van der Waals surface area contributed by atoms with Crippen LogP contribution in [0.4, 0.5) is 0 Å². The van der Waals surface area contributed by atoms with Gasteiger partial charge >= 0.3 is 0 Å². The zero-order chi connectivity index (χ0) is 19.6. The first-order valence-corrected chi connectivity index (χ1v) is 10.4. The van der Waals surface area contributed by atoms with E-state index in [1.807, 2.05) is 4.90 Å². The summed E-state index contributed by atoms with van der Waals surface area (Å²) in [5, 5.41) is 6.53. The second-order valence-electron chi connectivity index (χ2n) is 6.81. The van der Waals surface area contributed by atoms with Crippen LogP contribution in [0, 0.1) is 6.92 Å². The Hall–Kier alpha value is -1.98. The molecule has 27 heavy (non-hydrogen) atoms. The number of rotatable bonds is 6. The highest BCUT2D eigenvalue weighted by atomic mass is 32.2. The van der Waals surface area contributed by atoms with Gasteiger partial charge in [0.15, 0.2) is 5.69 Å². The van der Waals surface area contributed by atoms with Gasteiger partial charge in [-0.2, -0.15) is 0 Å². The molecule has 0 bridgehead atoms. The molecule has 0 aliphatic carbocycles. The molecule has 0 spiro atoms. The number of amides is 2. The summed E-state index contributed by atoms with van der Waals surface area (Å²) in [6, 6.07) is 0.719. The second-order valence-corrected chi connectivity index (χ2v) is 8.83. The SMILES string of the molecule is COCCCN1C(=O)[C@@H]2C[C@H](NC(=O)c3cc(C)on3)CN2CCS1(=O)=O. The minimum Gasteiger partial charge on any atom is -0.385 e. The van der Waals surface area contributed by atoms with Crippen molar-refractivity contribution < 1.29 is 27.3 Å². The van der Waals surface area contributed by atoms with Crippen LogP contribution in [-0.2, 0) is 19.6 Å². The van der Waals surface area contributed by atoms with E-state index in [2.05, 4.69) is 10.5 Å². The van der Waals surface area contributed by atoms with Gasteiger partial charge in [0.2, 0.25) is 10.0 Å². The van der Waals surface area contributed by atoms with Crippen molar-refractivity contribution in [3.05, 3.63) is 17.5 Å². The zero-order valence-electron chi connectivity index (χ0n) is 15.4. The Bertz CT molecular complexity index is 808. The van der Waals surface area contributed by atoms with Crippen LogP contribution in [0.2, 0.25) is 0 Å². The first kappa shape index (κ1) is 19.8. The molecule has 2 atom stereocenters. The molecule has 0 saturated carbocycles. The highest BCUT2D eigenvalue weighted by Gasteiger charge is 2.45. The van der Waals surface area contributed by atoms with E-state index in [4.69, 9.17) is 9.26 Å². The predicted molar refractivity (Wildman–Crippen MR) is 94.5 cm³/mol. The second kappa shape index (κ2) is 7.95. The average molecular weight is 400 g/mol. The van der Waals surface area contributed by atoms with E-state index in [0.717, 1.165) is 4.31 Å². The first-order valence-electron chi connectivity index (χ1n) is 8.83. The van der Waals surface area contributed by atoms with Crippen molar-refractivity contribution in [3.63, 3.8) is 0 Å². The molecule has 0 unspecified atom stereocenters. The molecule has 2 aliphatic heterocycles. The standard InChI is InChI=1S/C16H24N4O6S/c1-11-8-13(18-26-11)15(21)17-12-9-14-16(22)20(4-3-6-25-2)27(23,24)7-5-19(14)10-12/h8,12,14H,3-7,9-10H2,1-2H3,(H,17,21)/t12-,14-/m0/s1. The van der Waals surface area contributed by atoms with E-state index in [-0.39, 0.29) is 36.5 Å². The molecule has 10 nitrogen and oxygen atoms in total. The molecule has 2 amide bonds. The van der Waals surface area contributed by atoms with Crippen LogP contribution in [0.3, 0.4) is 0 Å². The van der Waals surface area contributed by atoms with E-state index >= 15 is 0 Å². The van der Waals surface area contributed by atoms with Gasteiger partial charge in [-0.1, -0.05) is 5.16 Å². The Morgan fingerprint density at radius 3 is 2.93 bits per heavy atom. The minimum atomic E-state index is -3.64. The number of fused-ring (bicyclic) bond motifs is 1. The summed E-state index contributed by atoms with van der Waals surface area (Å²) in [5.41, 5.74) is 0.185. The van der Waals surface area contributed by atoms with Gasteiger partial charge in [-0.05, 0) is 19.8 Å². The van der Waals surface area contributed by atoms with Crippen molar-refractivity contribution in [2.75, 3.05) is 39.1 Å². The maximum Gasteiger partial charge on any atom is 0.273 e. The monoisotopic (exact) mass is 400 g/mol. The Kier molecular flexibility index (Phi) is 5.82. The summed E-state index contributed by atoms with van der Waals surface area (Å²) >= 11 is 0. The lowest BCUT2D eigenvalue weighted by molar-refractivity contribution is -0.130. The third-order valence-electron chi connectivity index (χ3n) is 4.81. The zero-order valence-corrected chi connectivity index (χ0v) is 16.2. The molecule has 0 aromatic carbocycles. The third kappa shape index (κ3) is 4.30. The fraction of sp³-hybridized carbons (Fsp3) is 0.688. The molecule has 2 saturated heterocycles. The molecular formula is C16H24N4O6S. The maximum absolute atomic E-state index is 12.9. The Balaban J connectivity index is 1.67. The molecule has 150 valence electrons. The van der Waals surface area contributed by atoms with Gasteiger partial charge < -0.3 is 14.6 Å². The molecule has 1 aromatic rings. The van der Waals surface area contributed by atoms with Crippen molar-refractivity contribution in [3.8, 4) is 0 Å². The number of hydrogen-bond acceptors (Lipinski definition) is 8. The molecule has 11 heteroatoms. The van der Waals surface area contributed by atoms with Gasteiger partial charge in [0.25, 0.3) is 11.8 Å². The van der Waals surface area contributed by atoms with Gasteiger partial charge in [0.05, 0.1) is 11.8 Å². The predicted octanol–water partition coefficient (Wildman–Crippen LogP) is -0.636. The van der Waals surface area contributed by atoms with Crippen LogP contribution in [0.15, 0.2) is 10.6 Å². The minimum absolute atomic E-state index is 0.106. The van der Waals surface area contributed by atoms with E-state index < -0.39 is 22.0 Å². The van der Waals surface area contributed by atoms with Crippen LogP contribution in [0.5, 0.6) is 0 Å². The molecule has 2 aliphatic rings. The molecule has 3 rings (SSSR count). The quantitative estimate of drug-likeness (QED) is 0.626. The topological polar surface area (TPSA) is 122 Å². The number of sulfonamides is 1. The number of nitrogens with zero attached hydrogens (tertiary/aromatic N) is 3. The normalized spacial score (nSPS) is 25.3.